The molecule has 6 unspecified atom stereocenters. The minimum atomic E-state index is -0.0579. The van der Waals surface area contributed by atoms with Gasteiger partial charge in [0.15, 0.2) is 0 Å². The van der Waals surface area contributed by atoms with Gasteiger partial charge in [-0.2, -0.15) is 5.26 Å². The van der Waals surface area contributed by atoms with Crippen LogP contribution < -0.4 is 0 Å². The van der Waals surface area contributed by atoms with E-state index >= 15 is 0 Å². The minimum absolute atomic E-state index is 0.0579. The number of nitrogens with zero attached hydrogens (tertiary/aromatic N) is 1. The third-order valence-corrected chi connectivity index (χ3v) is 8.13. The molecule has 0 saturated heterocycles. The molecule has 0 aromatic heterocycles. The van der Waals surface area contributed by atoms with Crippen molar-refractivity contribution in [2.75, 3.05) is 0 Å². The van der Waals surface area contributed by atoms with Gasteiger partial charge in [-0.1, -0.05) is 38.0 Å². The predicted octanol–water partition coefficient (Wildman–Crippen LogP) is 5.21. The Bertz CT molecular complexity index is 681. The van der Waals surface area contributed by atoms with Gasteiger partial charge in [-0.25, -0.2) is 0 Å². The van der Waals surface area contributed by atoms with E-state index in [9.17, 15) is 4.79 Å². The summed E-state index contributed by atoms with van der Waals surface area (Å²) in [6, 6.07) is 2.23. The number of fused-ring (bicyclic) bond motifs is 5. The number of allylic oxidation sites excluding steroid dienone is 4. The van der Waals surface area contributed by atoms with Crippen molar-refractivity contribution in [2.24, 2.45) is 34.5 Å². The molecule has 128 valence electrons. The zero-order valence-corrected chi connectivity index (χ0v) is 15.3. The molecular formula is C22H29NO. The number of Topliss-reactive ketones (excluding diaryl/α,β-unsaturated/α-hetero) is 1. The Morgan fingerprint density at radius 2 is 2.08 bits per heavy atom. The van der Waals surface area contributed by atoms with Gasteiger partial charge in [-0.15, -0.1) is 0 Å². The second-order valence-corrected chi connectivity index (χ2v) is 9.38. The number of carbonyl (C=O) groups excluding carboxylic acids is 1. The van der Waals surface area contributed by atoms with Gasteiger partial charge in [0, 0.05) is 18.4 Å². The van der Waals surface area contributed by atoms with E-state index in [0.717, 1.165) is 25.2 Å². The Labute approximate surface area is 146 Å². The smallest absolute Gasteiger partial charge is 0.138 e. The molecule has 0 radical (unpaired) electrons. The number of hydrogen-bond donors (Lipinski definition) is 0. The molecule has 3 saturated carbocycles. The van der Waals surface area contributed by atoms with Gasteiger partial charge < -0.3 is 0 Å². The van der Waals surface area contributed by atoms with Gasteiger partial charge in [0.05, 0.1) is 6.07 Å². The van der Waals surface area contributed by atoms with Gasteiger partial charge in [0.2, 0.25) is 0 Å². The van der Waals surface area contributed by atoms with Crippen LogP contribution in [0.15, 0.2) is 23.3 Å². The van der Waals surface area contributed by atoms with Gasteiger partial charge in [0.25, 0.3) is 0 Å². The van der Waals surface area contributed by atoms with Crippen molar-refractivity contribution in [1.29, 1.82) is 5.26 Å². The Morgan fingerprint density at radius 3 is 2.83 bits per heavy atom. The lowest BCUT2D eigenvalue weighted by Gasteiger charge is -2.56. The first kappa shape index (κ1) is 16.1. The Morgan fingerprint density at radius 1 is 1.29 bits per heavy atom. The van der Waals surface area contributed by atoms with Gasteiger partial charge in [-0.3, -0.25) is 4.79 Å². The number of carbonyl (C=O) groups is 1. The first-order chi connectivity index (χ1) is 11.4. The highest BCUT2D eigenvalue weighted by atomic mass is 16.1. The van der Waals surface area contributed by atoms with Crippen LogP contribution in [0.5, 0.6) is 0 Å². The van der Waals surface area contributed by atoms with Crippen molar-refractivity contribution in [1.82, 2.24) is 0 Å². The normalized spacial score (nSPS) is 49.0. The average molecular weight is 323 g/mol. The number of nitriles is 1. The summed E-state index contributed by atoms with van der Waals surface area (Å²) in [5.74, 6) is 2.54. The highest BCUT2D eigenvalue weighted by Gasteiger charge is 2.60. The van der Waals surface area contributed by atoms with E-state index in [2.05, 4.69) is 32.9 Å². The Balaban J connectivity index is 1.75. The highest BCUT2D eigenvalue weighted by molar-refractivity contribution is 5.85. The molecule has 2 nitrogen and oxygen atoms in total. The fraction of sp³-hybridized carbons (Fsp3) is 0.727. The van der Waals surface area contributed by atoms with Crippen LogP contribution in [-0.2, 0) is 4.79 Å². The summed E-state index contributed by atoms with van der Waals surface area (Å²) in [6.07, 6.45) is 11.8. The highest BCUT2D eigenvalue weighted by Crippen LogP contribution is 2.65. The summed E-state index contributed by atoms with van der Waals surface area (Å²) >= 11 is 0. The maximum Gasteiger partial charge on any atom is 0.138 e. The second-order valence-electron chi connectivity index (χ2n) is 9.38. The molecule has 0 aliphatic heterocycles. The summed E-state index contributed by atoms with van der Waals surface area (Å²) in [5.41, 5.74) is 2.86. The number of rotatable bonds is 0. The fourth-order valence-electron chi connectivity index (χ4n) is 6.84. The Hall–Kier alpha value is -1.36. The molecule has 0 amide bonds. The molecule has 24 heavy (non-hydrogen) atoms. The minimum Gasteiger partial charge on any atom is -0.299 e. The van der Waals surface area contributed by atoms with Gasteiger partial charge >= 0.3 is 0 Å². The molecule has 0 N–H and O–H groups in total. The van der Waals surface area contributed by atoms with E-state index in [1.165, 1.54) is 24.8 Å². The maximum absolute atomic E-state index is 13.3. The van der Waals surface area contributed by atoms with Gasteiger partial charge in [-0.05, 0) is 67.1 Å². The van der Waals surface area contributed by atoms with Crippen LogP contribution in [0.25, 0.3) is 0 Å². The standard InChI is InChI=1S/C22H29NO/c1-14-8-10-21(2)16(12-14)4-6-17-18-7-5-15(9-11-23)22(18,3)13-19(24)20(17)21/h4,9,14,17-18,20H,5-8,10,12-13H2,1-3H3/b15-9-. The topological polar surface area (TPSA) is 40.9 Å². The zero-order valence-electron chi connectivity index (χ0n) is 15.3. The van der Waals surface area contributed by atoms with E-state index in [4.69, 9.17) is 5.26 Å². The van der Waals surface area contributed by atoms with E-state index in [0.29, 0.717) is 24.0 Å². The number of ketones is 1. The maximum atomic E-state index is 13.3. The van der Waals surface area contributed by atoms with Crippen molar-refractivity contribution in [3.63, 3.8) is 0 Å². The van der Waals surface area contributed by atoms with Crippen LogP contribution in [0, 0.1) is 45.8 Å². The first-order valence-electron chi connectivity index (χ1n) is 9.71. The lowest BCUT2D eigenvalue weighted by Crippen LogP contribution is -2.53. The molecule has 6 atom stereocenters. The molecule has 0 spiro atoms. The second kappa shape index (κ2) is 5.32. The number of hydrogen-bond acceptors (Lipinski definition) is 2. The van der Waals surface area contributed by atoms with Crippen LogP contribution in [0.4, 0.5) is 0 Å². The lowest BCUT2D eigenvalue weighted by molar-refractivity contribution is -0.140. The van der Waals surface area contributed by atoms with Crippen molar-refractivity contribution in [3.8, 4) is 6.07 Å². The molecule has 0 aromatic carbocycles. The molecule has 2 heteroatoms. The van der Waals surface area contributed by atoms with E-state index in [-0.39, 0.29) is 16.7 Å². The van der Waals surface area contributed by atoms with Crippen molar-refractivity contribution < 1.29 is 4.79 Å². The van der Waals surface area contributed by atoms with E-state index in [1.807, 2.05) is 0 Å². The summed E-state index contributed by atoms with van der Waals surface area (Å²) < 4.78 is 0. The monoisotopic (exact) mass is 323 g/mol. The lowest BCUT2D eigenvalue weighted by atomic mass is 9.47. The quantitative estimate of drug-likeness (QED) is 0.453. The van der Waals surface area contributed by atoms with Crippen molar-refractivity contribution in [3.05, 3.63) is 23.3 Å². The first-order valence-corrected chi connectivity index (χ1v) is 9.71. The van der Waals surface area contributed by atoms with Crippen LogP contribution in [-0.4, -0.2) is 5.78 Å². The fourth-order valence-corrected chi connectivity index (χ4v) is 6.84. The molecule has 4 aliphatic rings. The molecule has 0 heterocycles. The Kier molecular flexibility index (Phi) is 3.57. The van der Waals surface area contributed by atoms with Crippen molar-refractivity contribution in [2.45, 2.75) is 65.7 Å². The molecular weight excluding hydrogens is 294 g/mol. The van der Waals surface area contributed by atoms with Crippen LogP contribution >= 0.6 is 0 Å². The van der Waals surface area contributed by atoms with Crippen molar-refractivity contribution >= 4 is 5.78 Å². The SMILES string of the molecule is CC1CCC2(C)C(=CCC3C2C(=O)CC2(C)/C(=C\C#N)CCC32)C1. The summed E-state index contributed by atoms with van der Waals surface area (Å²) in [7, 11) is 0. The molecule has 0 aromatic rings. The summed E-state index contributed by atoms with van der Waals surface area (Å²) in [5, 5.41) is 9.13. The van der Waals surface area contributed by atoms with Gasteiger partial charge in [0.1, 0.15) is 5.78 Å². The molecule has 3 fully saturated rings. The molecule has 4 rings (SSSR count). The average Bonchev–Trinajstić information content (AvgIpc) is 2.84. The van der Waals surface area contributed by atoms with Crippen LogP contribution in [0.1, 0.15) is 65.7 Å². The van der Waals surface area contributed by atoms with Crippen LogP contribution in [0.2, 0.25) is 0 Å². The van der Waals surface area contributed by atoms with E-state index in [1.54, 1.807) is 11.6 Å². The summed E-state index contributed by atoms with van der Waals surface area (Å²) in [6.45, 7) is 6.98. The third-order valence-electron chi connectivity index (χ3n) is 8.13. The third kappa shape index (κ3) is 2.03. The largest absolute Gasteiger partial charge is 0.299 e. The van der Waals surface area contributed by atoms with Crippen LogP contribution in [0.3, 0.4) is 0 Å². The molecule has 0 bridgehead atoms. The van der Waals surface area contributed by atoms with E-state index < -0.39 is 0 Å². The summed E-state index contributed by atoms with van der Waals surface area (Å²) in [4.78, 5) is 13.3. The molecule has 4 aliphatic carbocycles. The predicted molar refractivity (Wildman–Crippen MR) is 95.0 cm³/mol. The zero-order chi connectivity index (χ0) is 17.1.